The molecule has 4 aliphatic rings. The number of anilines is 1. The average molecular weight is 742 g/mol. The van der Waals surface area contributed by atoms with E-state index in [2.05, 4.69) is 0 Å². The highest BCUT2D eigenvalue weighted by Crippen LogP contribution is 2.66. The molecule has 49 heavy (non-hydrogen) atoms. The summed E-state index contributed by atoms with van der Waals surface area (Å²) in [6, 6.07) is 9.39. The minimum atomic E-state index is -2.61. The SMILES string of the molecule is O=C1C2CC=C3C(CC4(Cl)C(=O)N(c5c(F)c(F)c(F)c(F)c5F)C(=O)C4(Cl)C3c3ccc(OCCO)cc3)C2C(=O)N1Cc1cccs1. The lowest BCUT2D eigenvalue weighted by molar-refractivity contribution is -0.141. The van der Waals surface area contributed by atoms with Gasteiger partial charge in [-0.2, -0.15) is 0 Å². The number of aliphatic hydroxyl groups is 1. The molecule has 1 aromatic heterocycles. The van der Waals surface area contributed by atoms with Crippen molar-refractivity contribution in [3.63, 3.8) is 0 Å². The third-order valence-electron chi connectivity index (χ3n) is 9.78. The summed E-state index contributed by atoms with van der Waals surface area (Å²) in [5, 5.41) is 10.9. The van der Waals surface area contributed by atoms with Gasteiger partial charge in [0.05, 0.1) is 25.0 Å². The third-order valence-corrected chi connectivity index (χ3v) is 12.1. The van der Waals surface area contributed by atoms with E-state index in [-0.39, 0.29) is 36.6 Å². The number of benzene rings is 2. The number of carbonyl (C=O) groups is 4. The molecule has 3 fully saturated rings. The standard InChI is InChI=1S/C33H23Cl2F5N2O6S/c34-32-12-19-17(7-8-18-20(19)29(45)41(28(18)44)13-16-2-1-11-49-16)21(14-3-5-15(6-4-14)48-10-9-43)33(32,35)31(47)42(30(32)46)27-25(39)23(37)22(36)24(38)26(27)40/h1-7,11,18-21,43H,8-10,12-13H2. The van der Waals surface area contributed by atoms with E-state index < -0.39 is 98.2 Å². The fraction of sp³-hybridized carbons (Fsp3) is 0.333. The normalized spacial score (nSPS) is 29.3. The highest BCUT2D eigenvalue weighted by atomic mass is 35.5. The van der Waals surface area contributed by atoms with Crippen LogP contribution in [0, 0.1) is 46.8 Å². The van der Waals surface area contributed by atoms with Crippen LogP contribution in [-0.2, 0) is 25.7 Å². The molecule has 0 radical (unpaired) electrons. The Hall–Kier alpha value is -3.85. The molecule has 4 amide bonds. The van der Waals surface area contributed by atoms with Crippen molar-refractivity contribution in [1.29, 1.82) is 0 Å². The van der Waals surface area contributed by atoms with Gasteiger partial charge < -0.3 is 9.84 Å². The van der Waals surface area contributed by atoms with E-state index >= 15 is 8.78 Å². The van der Waals surface area contributed by atoms with Gasteiger partial charge in [0.2, 0.25) is 17.6 Å². The molecule has 0 spiro atoms. The maximum Gasteiger partial charge on any atom is 0.258 e. The van der Waals surface area contributed by atoms with Gasteiger partial charge in [-0.1, -0.05) is 29.8 Å². The molecule has 256 valence electrons. The van der Waals surface area contributed by atoms with E-state index in [0.29, 0.717) is 11.3 Å². The molecular formula is C33H23Cl2F5N2O6S. The first-order valence-corrected chi connectivity index (χ1v) is 16.6. The monoisotopic (exact) mass is 740 g/mol. The van der Waals surface area contributed by atoms with E-state index in [1.54, 1.807) is 23.6 Å². The van der Waals surface area contributed by atoms with Gasteiger partial charge >= 0.3 is 0 Å². The van der Waals surface area contributed by atoms with Crippen molar-refractivity contribution in [3.05, 3.63) is 93.0 Å². The van der Waals surface area contributed by atoms with Gasteiger partial charge in [0.1, 0.15) is 18.0 Å². The Bertz CT molecular complexity index is 1930. The molecular weight excluding hydrogens is 718 g/mol. The number of rotatable bonds is 7. The molecule has 7 rings (SSSR count). The summed E-state index contributed by atoms with van der Waals surface area (Å²) in [5.41, 5.74) is -1.26. The summed E-state index contributed by atoms with van der Waals surface area (Å²) in [7, 11) is 0. The van der Waals surface area contributed by atoms with Crippen molar-refractivity contribution in [2.75, 3.05) is 18.1 Å². The van der Waals surface area contributed by atoms with E-state index in [1.165, 1.54) is 35.6 Å². The predicted molar refractivity (Wildman–Crippen MR) is 165 cm³/mol. The highest BCUT2D eigenvalue weighted by molar-refractivity contribution is 7.09. The number of ether oxygens (including phenoxy) is 1. The fourth-order valence-corrected chi connectivity index (χ4v) is 9.27. The Kier molecular flexibility index (Phi) is 8.16. The topological polar surface area (TPSA) is 104 Å². The van der Waals surface area contributed by atoms with Gasteiger partial charge in [0.25, 0.3) is 11.8 Å². The Morgan fingerprint density at radius 2 is 1.53 bits per heavy atom. The second kappa shape index (κ2) is 11.9. The molecule has 1 saturated carbocycles. The molecule has 6 unspecified atom stereocenters. The number of likely N-dealkylation sites (tertiary alicyclic amines) is 1. The predicted octanol–water partition coefficient (Wildman–Crippen LogP) is 5.58. The quantitative estimate of drug-likeness (QED) is 0.0848. The first-order chi connectivity index (χ1) is 23.3. The Morgan fingerprint density at radius 3 is 2.14 bits per heavy atom. The van der Waals surface area contributed by atoms with Crippen LogP contribution in [0.5, 0.6) is 5.75 Å². The number of aliphatic hydroxyl groups excluding tert-OH is 1. The van der Waals surface area contributed by atoms with Gasteiger partial charge in [-0.05, 0) is 47.9 Å². The molecule has 6 atom stereocenters. The summed E-state index contributed by atoms with van der Waals surface area (Å²) >= 11 is 15.6. The van der Waals surface area contributed by atoms with Crippen LogP contribution in [0.4, 0.5) is 27.6 Å². The number of halogens is 7. The number of allylic oxidation sites excluding steroid dienone is 2. The van der Waals surface area contributed by atoms with Crippen LogP contribution in [-0.4, -0.2) is 56.6 Å². The van der Waals surface area contributed by atoms with E-state index in [1.807, 2.05) is 0 Å². The van der Waals surface area contributed by atoms with E-state index in [0.717, 1.165) is 9.78 Å². The average Bonchev–Trinajstić information content (AvgIpc) is 3.73. The molecule has 3 heterocycles. The van der Waals surface area contributed by atoms with Crippen LogP contribution in [0.2, 0.25) is 0 Å². The first-order valence-electron chi connectivity index (χ1n) is 15.0. The molecule has 2 aromatic carbocycles. The van der Waals surface area contributed by atoms with Crippen molar-refractivity contribution < 1.29 is 51.0 Å². The number of nitrogens with zero attached hydrogens (tertiary/aromatic N) is 2. The van der Waals surface area contributed by atoms with E-state index in [9.17, 15) is 32.3 Å². The van der Waals surface area contributed by atoms with Crippen molar-refractivity contribution in [1.82, 2.24) is 4.90 Å². The third kappa shape index (κ3) is 4.63. The fourth-order valence-electron chi connectivity index (χ4n) is 7.64. The summed E-state index contributed by atoms with van der Waals surface area (Å²) in [6.07, 6.45) is 1.09. The molecule has 2 aliphatic heterocycles. The number of fused-ring (bicyclic) bond motifs is 4. The second-order valence-corrected chi connectivity index (χ2v) is 14.4. The van der Waals surface area contributed by atoms with Gasteiger partial charge in [0.15, 0.2) is 33.0 Å². The number of carbonyl (C=O) groups excluding carboxylic acids is 4. The van der Waals surface area contributed by atoms with Gasteiger partial charge in [-0.3, -0.25) is 24.1 Å². The van der Waals surface area contributed by atoms with Crippen molar-refractivity contribution >= 4 is 63.9 Å². The Balaban J connectivity index is 1.39. The lowest BCUT2D eigenvalue weighted by Gasteiger charge is -2.50. The molecule has 1 N–H and O–H groups in total. The highest BCUT2D eigenvalue weighted by Gasteiger charge is 2.77. The van der Waals surface area contributed by atoms with Crippen LogP contribution < -0.4 is 9.64 Å². The summed E-state index contributed by atoms with van der Waals surface area (Å²) < 4.78 is 78.6. The Labute approximate surface area is 288 Å². The van der Waals surface area contributed by atoms with Crippen molar-refractivity contribution in [3.8, 4) is 5.75 Å². The Morgan fingerprint density at radius 1 is 0.878 bits per heavy atom. The van der Waals surface area contributed by atoms with Crippen LogP contribution in [0.1, 0.15) is 29.2 Å². The summed E-state index contributed by atoms with van der Waals surface area (Å²) in [6.45, 7) is -0.341. The molecule has 16 heteroatoms. The maximum atomic E-state index is 15.2. The van der Waals surface area contributed by atoms with Crippen molar-refractivity contribution in [2.24, 2.45) is 17.8 Å². The zero-order chi connectivity index (χ0) is 35.2. The zero-order valence-corrected chi connectivity index (χ0v) is 27.2. The minimum Gasteiger partial charge on any atom is -0.491 e. The lowest BCUT2D eigenvalue weighted by Crippen LogP contribution is -2.60. The lowest BCUT2D eigenvalue weighted by atomic mass is 9.56. The number of amides is 4. The number of alkyl halides is 2. The van der Waals surface area contributed by atoms with E-state index in [4.69, 9.17) is 33.0 Å². The maximum absolute atomic E-state index is 15.2. The van der Waals surface area contributed by atoms with Crippen molar-refractivity contribution in [2.45, 2.75) is 35.1 Å². The van der Waals surface area contributed by atoms with Crippen LogP contribution in [0.3, 0.4) is 0 Å². The van der Waals surface area contributed by atoms with Gasteiger partial charge in [-0.15, -0.1) is 34.5 Å². The molecule has 8 nitrogen and oxygen atoms in total. The molecule has 3 aromatic rings. The number of hydrogen-bond donors (Lipinski definition) is 1. The minimum absolute atomic E-state index is 0.0000217. The summed E-state index contributed by atoms with van der Waals surface area (Å²) in [4.78, 5) is 52.6. The number of thiophene rings is 1. The molecule has 0 bridgehead atoms. The molecule has 2 saturated heterocycles. The smallest absolute Gasteiger partial charge is 0.258 e. The first kappa shape index (κ1) is 33.6. The number of imide groups is 2. The zero-order valence-electron chi connectivity index (χ0n) is 24.9. The van der Waals surface area contributed by atoms with Crippen LogP contribution in [0.15, 0.2) is 53.4 Å². The van der Waals surface area contributed by atoms with Gasteiger partial charge in [0, 0.05) is 10.8 Å². The van der Waals surface area contributed by atoms with Crippen LogP contribution >= 0.6 is 34.5 Å². The van der Waals surface area contributed by atoms with Crippen LogP contribution in [0.25, 0.3) is 0 Å². The largest absolute Gasteiger partial charge is 0.491 e. The second-order valence-electron chi connectivity index (χ2n) is 12.2. The molecule has 2 aliphatic carbocycles. The van der Waals surface area contributed by atoms with Gasteiger partial charge in [-0.25, -0.2) is 26.9 Å². The number of hydrogen-bond acceptors (Lipinski definition) is 7. The summed E-state index contributed by atoms with van der Waals surface area (Å²) in [5.74, 6) is -20.3.